The van der Waals surface area contributed by atoms with Gasteiger partial charge in [-0.3, -0.25) is 14.5 Å². The molecule has 2 aromatic carbocycles. The van der Waals surface area contributed by atoms with Crippen LogP contribution in [-0.4, -0.2) is 61.0 Å². The first-order chi connectivity index (χ1) is 14.2. The summed E-state index contributed by atoms with van der Waals surface area (Å²) in [6.45, 7) is 4.66. The second kappa shape index (κ2) is 7.17. The van der Waals surface area contributed by atoms with Gasteiger partial charge in [0.1, 0.15) is 0 Å². The molecule has 7 heteroatoms. The lowest BCUT2D eigenvalue weighted by Gasteiger charge is -2.45. The van der Waals surface area contributed by atoms with Crippen molar-refractivity contribution in [2.75, 3.05) is 50.0 Å². The van der Waals surface area contributed by atoms with E-state index in [1.165, 1.54) is 0 Å². The van der Waals surface area contributed by atoms with Crippen molar-refractivity contribution in [1.29, 1.82) is 0 Å². The standard InChI is InChI=1S/C22H24N4O3/c27-20-16-6-1-3-8-18(16)24-22(17-7-2-4-9-19(17)23-21(22)28)26(20)11-5-10-25-12-14-29-15-13-25/h1-4,6-9,24H,5,10-15H2,(H,23,28). The first kappa shape index (κ1) is 18.1. The van der Waals surface area contributed by atoms with Crippen LogP contribution in [0.1, 0.15) is 22.3 Å². The molecule has 3 aliphatic rings. The van der Waals surface area contributed by atoms with E-state index < -0.39 is 5.66 Å². The van der Waals surface area contributed by atoms with E-state index in [4.69, 9.17) is 4.74 Å². The number of nitrogens with one attached hydrogen (secondary N) is 2. The first-order valence-corrected chi connectivity index (χ1v) is 10.1. The summed E-state index contributed by atoms with van der Waals surface area (Å²) in [6, 6.07) is 15.0. The summed E-state index contributed by atoms with van der Waals surface area (Å²) >= 11 is 0. The van der Waals surface area contributed by atoms with Gasteiger partial charge >= 0.3 is 0 Å². The molecule has 2 N–H and O–H groups in total. The van der Waals surface area contributed by atoms with Crippen LogP contribution in [0.5, 0.6) is 0 Å². The van der Waals surface area contributed by atoms with E-state index >= 15 is 0 Å². The Balaban J connectivity index is 1.49. The zero-order valence-corrected chi connectivity index (χ0v) is 16.2. The number of para-hydroxylation sites is 2. The Morgan fingerprint density at radius 3 is 2.48 bits per heavy atom. The van der Waals surface area contributed by atoms with Crippen LogP contribution >= 0.6 is 0 Å². The van der Waals surface area contributed by atoms with Gasteiger partial charge in [0, 0.05) is 43.1 Å². The highest BCUT2D eigenvalue weighted by molar-refractivity contribution is 6.14. The van der Waals surface area contributed by atoms with Crippen molar-refractivity contribution < 1.29 is 14.3 Å². The van der Waals surface area contributed by atoms with Crippen molar-refractivity contribution >= 4 is 23.2 Å². The smallest absolute Gasteiger partial charge is 0.276 e. The first-order valence-electron chi connectivity index (χ1n) is 10.1. The van der Waals surface area contributed by atoms with Crippen molar-refractivity contribution in [3.05, 3.63) is 59.7 Å². The highest BCUT2D eigenvalue weighted by Crippen LogP contribution is 2.45. The maximum atomic E-state index is 13.5. The molecule has 150 valence electrons. The number of ether oxygens (including phenoxy) is 1. The summed E-state index contributed by atoms with van der Waals surface area (Å²) in [5.74, 6) is -0.332. The molecule has 1 atom stereocenters. The maximum Gasteiger partial charge on any atom is 0.276 e. The molecule has 2 aromatic rings. The number of morpholine rings is 1. The zero-order chi connectivity index (χ0) is 19.8. The summed E-state index contributed by atoms with van der Waals surface area (Å²) in [4.78, 5) is 30.8. The number of nitrogens with zero attached hydrogens (tertiary/aromatic N) is 2. The number of rotatable bonds is 4. The third-order valence-corrected chi connectivity index (χ3v) is 5.98. The molecule has 0 aliphatic carbocycles. The van der Waals surface area contributed by atoms with Crippen molar-refractivity contribution in [1.82, 2.24) is 9.80 Å². The van der Waals surface area contributed by atoms with Crippen LogP contribution in [0.3, 0.4) is 0 Å². The Kier molecular flexibility index (Phi) is 4.49. The molecule has 29 heavy (non-hydrogen) atoms. The lowest BCUT2D eigenvalue weighted by atomic mass is 9.92. The number of benzene rings is 2. The van der Waals surface area contributed by atoms with Crippen LogP contribution in [0.4, 0.5) is 11.4 Å². The average molecular weight is 392 g/mol. The number of carbonyl (C=O) groups excluding carboxylic acids is 2. The summed E-state index contributed by atoms with van der Waals surface area (Å²) in [7, 11) is 0. The molecular formula is C22H24N4O3. The second-order valence-electron chi connectivity index (χ2n) is 7.65. The average Bonchev–Trinajstić information content (AvgIpc) is 3.03. The summed E-state index contributed by atoms with van der Waals surface area (Å²) < 4.78 is 5.41. The molecule has 3 heterocycles. The highest BCUT2D eigenvalue weighted by atomic mass is 16.5. The van der Waals surface area contributed by atoms with E-state index in [1.807, 2.05) is 48.5 Å². The van der Waals surface area contributed by atoms with Crippen LogP contribution in [-0.2, 0) is 15.2 Å². The highest BCUT2D eigenvalue weighted by Gasteiger charge is 2.56. The van der Waals surface area contributed by atoms with E-state index in [0.29, 0.717) is 17.8 Å². The van der Waals surface area contributed by atoms with Crippen molar-refractivity contribution in [2.45, 2.75) is 12.1 Å². The summed E-state index contributed by atoms with van der Waals surface area (Å²) in [5.41, 5.74) is 1.61. The third-order valence-electron chi connectivity index (χ3n) is 5.98. The Labute approximate surface area is 169 Å². The van der Waals surface area contributed by atoms with Crippen LogP contribution in [0.2, 0.25) is 0 Å². The molecule has 5 rings (SSSR count). The Morgan fingerprint density at radius 1 is 0.931 bits per heavy atom. The molecular weight excluding hydrogens is 368 g/mol. The molecule has 1 fully saturated rings. The van der Waals surface area contributed by atoms with Crippen molar-refractivity contribution in [3.8, 4) is 0 Å². The van der Waals surface area contributed by atoms with E-state index in [9.17, 15) is 9.59 Å². The van der Waals surface area contributed by atoms with Gasteiger partial charge in [0.2, 0.25) is 5.66 Å². The Bertz CT molecular complexity index is 957. The second-order valence-corrected chi connectivity index (χ2v) is 7.65. The number of amides is 2. The van der Waals surface area contributed by atoms with E-state index in [-0.39, 0.29) is 11.8 Å². The molecule has 1 unspecified atom stereocenters. The van der Waals surface area contributed by atoms with Gasteiger partial charge in [0.25, 0.3) is 11.8 Å². The molecule has 0 aromatic heterocycles. The summed E-state index contributed by atoms with van der Waals surface area (Å²) in [6.07, 6.45) is 0.785. The number of hydrogen-bond donors (Lipinski definition) is 2. The van der Waals surface area contributed by atoms with Gasteiger partial charge in [0.15, 0.2) is 0 Å². The van der Waals surface area contributed by atoms with Gasteiger partial charge in [-0.05, 0) is 24.6 Å². The molecule has 1 saturated heterocycles. The Morgan fingerprint density at radius 2 is 1.66 bits per heavy atom. The number of fused-ring (bicyclic) bond motifs is 3. The normalized spacial score (nSPS) is 23.5. The van der Waals surface area contributed by atoms with Crippen molar-refractivity contribution in [2.24, 2.45) is 0 Å². The lowest BCUT2D eigenvalue weighted by Crippen LogP contribution is -2.61. The number of hydrogen-bond acceptors (Lipinski definition) is 5. The fourth-order valence-corrected chi connectivity index (χ4v) is 4.52. The SMILES string of the molecule is O=C1c2ccccc2NC2(C(=O)Nc3ccccc32)N1CCCN1CCOCC1. The van der Waals surface area contributed by atoms with E-state index in [2.05, 4.69) is 15.5 Å². The maximum absolute atomic E-state index is 13.5. The molecule has 1 spiro atoms. The monoisotopic (exact) mass is 392 g/mol. The largest absolute Gasteiger partial charge is 0.379 e. The predicted octanol–water partition coefficient (Wildman–Crippen LogP) is 2.08. The van der Waals surface area contributed by atoms with Crippen LogP contribution in [0.25, 0.3) is 0 Å². The molecule has 2 amide bonds. The van der Waals surface area contributed by atoms with Gasteiger partial charge in [-0.25, -0.2) is 0 Å². The molecule has 0 bridgehead atoms. The fraction of sp³-hybridized carbons (Fsp3) is 0.364. The zero-order valence-electron chi connectivity index (χ0n) is 16.2. The quantitative estimate of drug-likeness (QED) is 0.834. The number of anilines is 2. The summed E-state index contributed by atoms with van der Waals surface area (Å²) in [5, 5.41) is 6.36. The topological polar surface area (TPSA) is 73.9 Å². The third kappa shape index (κ3) is 2.89. The minimum absolute atomic E-state index is 0.117. The van der Waals surface area contributed by atoms with Gasteiger partial charge < -0.3 is 20.3 Å². The molecule has 7 nitrogen and oxygen atoms in total. The van der Waals surface area contributed by atoms with Crippen LogP contribution in [0.15, 0.2) is 48.5 Å². The predicted molar refractivity (Wildman–Crippen MR) is 110 cm³/mol. The van der Waals surface area contributed by atoms with Gasteiger partial charge in [-0.1, -0.05) is 30.3 Å². The number of carbonyl (C=O) groups is 2. The fourth-order valence-electron chi connectivity index (χ4n) is 4.52. The Hall–Kier alpha value is -2.90. The van der Waals surface area contributed by atoms with Crippen molar-refractivity contribution in [3.63, 3.8) is 0 Å². The lowest BCUT2D eigenvalue weighted by molar-refractivity contribution is -0.125. The minimum Gasteiger partial charge on any atom is -0.379 e. The molecule has 0 saturated carbocycles. The van der Waals surface area contributed by atoms with Gasteiger partial charge in [0.05, 0.1) is 18.8 Å². The van der Waals surface area contributed by atoms with E-state index in [1.54, 1.807) is 4.90 Å². The molecule has 0 radical (unpaired) electrons. The van der Waals surface area contributed by atoms with E-state index in [0.717, 1.165) is 50.5 Å². The van der Waals surface area contributed by atoms with Crippen LogP contribution in [0, 0.1) is 0 Å². The molecule has 3 aliphatic heterocycles. The van der Waals surface area contributed by atoms with Gasteiger partial charge in [-0.15, -0.1) is 0 Å². The van der Waals surface area contributed by atoms with Crippen LogP contribution < -0.4 is 10.6 Å². The minimum atomic E-state index is -1.22. The van der Waals surface area contributed by atoms with Gasteiger partial charge in [-0.2, -0.15) is 0 Å².